The van der Waals surface area contributed by atoms with E-state index in [2.05, 4.69) is 5.32 Å². The van der Waals surface area contributed by atoms with Crippen LogP contribution < -0.4 is 15.8 Å². The number of nitrogens with two attached hydrogens (primary N) is 1. The highest BCUT2D eigenvalue weighted by molar-refractivity contribution is 7.80. The third kappa shape index (κ3) is 3.70. The molecule has 0 saturated carbocycles. The van der Waals surface area contributed by atoms with Gasteiger partial charge in [0.25, 0.3) is 0 Å². The van der Waals surface area contributed by atoms with Crippen LogP contribution in [0.5, 0.6) is 5.75 Å². The molecule has 0 amide bonds. The van der Waals surface area contributed by atoms with Crippen LogP contribution in [0.3, 0.4) is 0 Å². The van der Waals surface area contributed by atoms with Crippen LogP contribution in [-0.2, 0) is 14.6 Å². The third-order valence-corrected chi connectivity index (χ3v) is 3.92. The molecule has 0 spiro atoms. The summed E-state index contributed by atoms with van der Waals surface area (Å²) in [6.45, 7) is 7.27. The van der Waals surface area contributed by atoms with Crippen LogP contribution in [0.4, 0.5) is 5.69 Å². The number of fused-ring (bicyclic) bond motifs is 1. The van der Waals surface area contributed by atoms with Gasteiger partial charge in [-0.15, -0.1) is 0 Å². The molecule has 1 aromatic carbocycles. The minimum atomic E-state index is -4.63. The molecule has 22 heavy (non-hydrogen) atoms. The summed E-state index contributed by atoms with van der Waals surface area (Å²) in [6, 6.07) is 4.73. The van der Waals surface area contributed by atoms with Gasteiger partial charge >= 0.3 is 10.4 Å². The Morgan fingerprint density at radius 1 is 1.41 bits per heavy atom. The molecule has 1 aliphatic rings. The van der Waals surface area contributed by atoms with Gasteiger partial charge < -0.3 is 15.8 Å². The van der Waals surface area contributed by atoms with Crippen molar-refractivity contribution in [3.63, 3.8) is 0 Å². The molecule has 7 nitrogen and oxygen atoms in total. The highest BCUT2D eigenvalue weighted by Crippen LogP contribution is 2.42. The summed E-state index contributed by atoms with van der Waals surface area (Å²) >= 11 is 0. The van der Waals surface area contributed by atoms with Crippen molar-refractivity contribution in [3.8, 4) is 5.75 Å². The Morgan fingerprint density at radius 3 is 2.59 bits per heavy atom. The minimum Gasteiger partial charge on any atom is -0.485 e. The molecule has 8 heteroatoms. The third-order valence-electron chi connectivity index (χ3n) is 3.47. The summed E-state index contributed by atoms with van der Waals surface area (Å²) in [6.07, 6.45) is -0.945. The van der Waals surface area contributed by atoms with E-state index >= 15 is 0 Å². The van der Waals surface area contributed by atoms with Gasteiger partial charge in [0.15, 0.2) is 0 Å². The summed E-state index contributed by atoms with van der Waals surface area (Å²) in [7, 11) is -4.63. The number of hydrogen-bond donors (Lipinski definition) is 3. The van der Waals surface area contributed by atoms with Gasteiger partial charge in [-0.05, 0) is 32.0 Å². The molecule has 0 unspecified atom stereocenters. The molecule has 1 aliphatic heterocycles. The lowest BCUT2D eigenvalue weighted by molar-refractivity contribution is -0.0527. The Balaban J connectivity index is 2.54. The van der Waals surface area contributed by atoms with Gasteiger partial charge in [-0.2, -0.15) is 8.42 Å². The highest BCUT2D eigenvalue weighted by Gasteiger charge is 2.47. The number of rotatable bonds is 4. The lowest BCUT2D eigenvalue weighted by Gasteiger charge is -2.44. The first-order chi connectivity index (χ1) is 9.99. The van der Waals surface area contributed by atoms with E-state index in [1.807, 2.05) is 13.8 Å². The van der Waals surface area contributed by atoms with Gasteiger partial charge in [0.05, 0.1) is 6.04 Å². The van der Waals surface area contributed by atoms with Crippen molar-refractivity contribution in [2.24, 2.45) is 0 Å². The molecule has 0 aliphatic carbocycles. The first-order valence-corrected chi connectivity index (χ1v) is 8.36. The molecule has 124 valence electrons. The normalized spacial score (nSPS) is 23.9. The fourth-order valence-corrected chi connectivity index (χ4v) is 3.25. The van der Waals surface area contributed by atoms with Gasteiger partial charge in [0, 0.05) is 17.3 Å². The molecule has 2 rings (SSSR count). The second-order valence-corrected chi connectivity index (χ2v) is 7.29. The van der Waals surface area contributed by atoms with Gasteiger partial charge in [0.2, 0.25) is 0 Å². The zero-order valence-corrected chi connectivity index (χ0v) is 13.8. The standard InChI is InChI=1S/C14H22N2O5S/c1-8(2)16-12-10-7-9(15)5-6-11(10)20-14(3,4)13(12)21-22(17,18)19/h5-8,12-13,16H,15H2,1-4H3,(H,17,18,19)/t12-,13+/m1/s1. The summed E-state index contributed by atoms with van der Waals surface area (Å²) < 4.78 is 42.3. The Kier molecular flexibility index (Phi) is 4.40. The summed E-state index contributed by atoms with van der Waals surface area (Å²) in [5.74, 6) is 0.604. The average Bonchev–Trinajstić information content (AvgIpc) is 2.33. The largest absolute Gasteiger partial charge is 0.485 e. The zero-order valence-electron chi connectivity index (χ0n) is 13.0. The molecular formula is C14H22N2O5S. The van der Waals surface area contributed by atoms with Crippen LogP contribution in [0.15, 0.2) is 18.2 Å². The second kappa shape index (κ2) is 5.69. The number of ether oxygens (including phenoxy) is 1. The Bertz CT molecular complexity index is 657. The molecule has 1 heterocycles. The minimum absolute atomic E-state index is 0.0562. The maximum Gasteiger partial charge on any atom is 0.397 e. The van der Waals surface area contributed by atoms with Gasteiger partial charge in [-0.3, -0.25) is 4.55 Å². The Labute approximate surface area is 130 Å². The van der Waals surface area contributed by atoms with Crippen LogP contribution in [0.25, 0.3) is 0 Å². The molecule has 0 radical (unpaired) electrons. The van der Waals surface area contributed by atoms with Gasteiger partial charge in [-0.25, -0.2) is 4.18 Å². The van der Waals surface area contributed by atoms with Crippen LogP contribution in [-0.4, -0.2) is 30.7 Å². The smallest absolute Gasteiger partial charge is 0.397 e. The summed E-state index contributed by atoms with van der Waals surface area (Å²) in [4.78, 5) is 0. The van der Waals surface area contributed by atoms with Gasteiger partial charge in [-0.1, -0.05) is 13.8 Å². The fraction of sp³-hybridized carbons (Fsp3) is 0.571. The lowest BCUT2D eigenvalue weighted by Crippen LogP contribution is -2.55. The van der Waals surface area contributed by atoms with E-state index in [-0.39, 0.29) is 6.04 Å². The van der Waals surface area contributed by atoms with Crippen molar-refractivity contribution in [3.05, 3.63) is 23.8 Å². The molecule has 0 saturated heterocycles. The number of hydrogen-bond acceptors (Lipinski definition) is 6. The van der Waals surface area contributed by atoms with E-state index in [0.29, 0.717) is 17.0 Å². The summed E-state index contributed by atoms with van der Waals surface area (Å²) in [5, 5.41) is 3.26. The number of benzene rings is 1. The monoisotopic (exact) mass is 330 g/mol. The SMILES string of the molecule is CC(C)N[C@@H]1c2cc(N)ccc2OC(C)(C)[C@H]1OS(=O)(=O)O. The van der Waals surface area contributed by atoms with E-state index in [0.717, 1.165) is 0 Å². The first kappa shape index (κ1) is 17.0. The second-order valence-electron chi connectivity index (χ2n) is 6.25. The van der Waals surface area contributed by atoms with E-state index in [1.165, 1.54) is 0 Å². The van der Waals surface area contributed by atoms with Crippen LogP contribution in [0.2, 0.25) is 0 Å². The van der Waals surface area contributed by atoms with Crippen molar-refractivity contribution in [2.45, 2.75) is 51.5 Å². The molecule has 0 fully saturated rings. The molecule has 2 atom stereocenters. The quantitative estimate of drug-likeness (QED) is 0.569. The van der Waals surface area contributed by atoms with E-state index in [4.69, 9.17) is 19.2 Å². The summed E-state index contributed by atoms with van der Waals surface area (Å²) in [5.41, 5.74) is 6.08. The molecule has 4 N–H and O–H groups in total. The van der Waals surface area contributed by atoms with Crippen molar-refractivity contribution in [2.75, 3.05) is 5.73 Å². The van der Waals surface area contributed by atoms with E-state index < -0.39 is 28.1 Å². The Morgan fingerprint density at radius 2 is 2.05 bits per heavy atom. The zero-order chi connectivity index (χ0) is 16.7. The number of anilines is 1. The van der Waals surface area contributed by atoms with Crippen LogP contribution in [0, 0.1) is 0 Å². The highest BCUT2D eigenvalue weighted by atomic mass is 32.3. The van der Waals surface area contributed by atoms with E-state index in [9.17, 15) is 8.42 Å². The number of nitrogen functional groups attached to an aromatic ring is 1. The molecular weight excluding hydrogens is 308 g/mol. The number of nitrogens with one attached hydrogen (secondary N) is 1. The first-order valence-electron chi connectivity index (χ1n) is 7.00. The van der Waals surface area contributed by atoms with Crippen molar-refractivity contribution >= 4 is 16.1 Å². The van der Waals surface area contributed by atoms with Gasteiger partial charge in [0.1, 0.15) is 17.5 Å². The van der Waals surface area contributed by atoms with Crippen molar-refractivity contribution in [1.82, 2.24) is 5.32 Å². The maximum atomic E-state index is 11.2. The maximum absolute atomic E-state index is 11.2. The lowest BCUT2D eigenvalue weighted by atomic mass is 9.86. The fourth-order valence-electron chi connectivity index (χ4n) is 2.65. The molecule has 0 aromatic heterocycles. The van der Waals surface area contributed by atoms with E-state index in [1.54, 1.807) is 32.0 Å². The predicted molar refractivity (Wildman–Crippen MR) is 83.0 cm³/mol. The predicted octanol–water partition coefficient (Wildman–Crippen LogP) is 1.67. The van der Waals surface area contributed by atoms with Crippen LogP contribution in [0.1, 0.15) is 39.3 Å². The van der Waals surface area contributed by atoms with Crippen LogP contribution >= 0.6 is 0 Å². The molecule has 1 aromatic rings. The average molecular weight is 330 g/mol. The molecule has 0 bridgehead atoms. The van der Waals surface area contributed by atoms with Crippen molar-refractivity contribution < 1.29 is 21.9 Å². The topological polar surface area (TPSA) is 111 Å². The Hall–Kier alpha value is -1.35. The van der Waals surface area contributed by atoms with Crippen molar-refractivity contribution in [1.29, 1.82) is 0 Å².